The maximum atomic E-state index is 15.6. The van der Waals surface area contributed by atoms with Gasteiger partial charge in [-0.05, 0) is 94.2 Å². The van der Waals surface area contributed by atoms with Crippen molar-refractivity contribution >= 4 is 39.6 Å². The molecule has 0 unspecified atom stereocenters. The zero-order chi connectivity index (χ0) is 38.1. The number of nitrogens with one attached hydrogen (secondary N) is 2. The van der Waals surface area contributed by atoms with Crippen LogP contribution in [0.25, 0.3) is 21.8 Å². The highest BCUT2D eigenvalue weighted by atomic mass is 19.1. The Balaban J connectivity index is 0.788. The van der Waals surface area contributed by atoms with Crippen LogP contribution in [0, 0.1) is 17.6 Å². The molecule has 4 fully saturated rings. The Bertz CT molecular complexity index is 2100. The molecule has 0 radical (unpaired) electrons. The van der Waals surface area contributed by atoms with Crippen molar-refractivity contribution < 1.29 is 32.6 Å². The van der Waals surface area contributed by atoms with Gasteiger partial charge in [-0.3, -0.25) is 24.5 Å². The minimum absolute atomic E-state index is 0.0453. The molecule has 4 aliphatic heterocycles. The van der Waals surface area contributed by atoms with Gasteiger partial charge in [0.1, 0.15) is 35.2 Å². The third kappa shape index (κ3) is 8.37. The number of aromatic amines is 1. The first-order chi connectivity index (χ1) is 26.7. The van der Waals surface area contributed by atoms with Crippen molar-refractivity contribution in [3.05, 3.63) is 57.6 Å². The van der Waals surface area contributed by atoms with Crippen LogP contribution >= 0.6 is 0 Å². The lowest BCUT2D eigenvalue weighted by Gasteiger charge is -2.36. The molecule has 16 heteroatoms. The van der Waals surface area contributed by atoms with Crippen molar-refractivity contribution in [2.75, 3.05) is 70.5 Å². The van der Waals surface area contributed by atoms with Gasteiger partial charge in [-0.2, -0.15) is 5.10 Å². The van der Waals surface area contributed by atoms with Gasteiger partial charge in [-0.1, -0.05) is 0 Å². The van der Waals surface area contributed by atoms with Gasteiger partial charge in [0.15, 0.2) is 5.82 Å². The molecular weight excluding hydrogens is 714 g/mol. The number of hydrogen-bond donors (Lipinski definition) is 2. The number of carbonyl (C=O) groups is 2. The summed E-state index contributed by atoms with van der Waals surface area (Å²) in [5, 5.41) is 7.30. The highest BCUT2D eigenvalue weighted by Gasteiger charge is 2.30. The molecule has 0 atom stereocenters. The van der Waals surface area contributed by atoms with Crippen molar-refractivity contribution in [3.8, 4) is 5.75 Å². The number of halogens is 2. The largest absolute Gasteiger partial charge is 0.493 e. The molecule has 0 bridgehead atoms. The van der Waals surface area contributed by atoms with Crippen LogP contribution in [0.1, 0.15) is 62.3 Å². The zero-order valence-corrected chi connectivity index (χ0v) is 31.2. The Morgan fingerprint density at radius 1 is 0.891 bits per heavy atom. The van der Waals surface area contributed by atoms with Crippen LogP contribution in [0.5, 0.6) is 5.75 Å². The number of benzene rings is 2. The molecule has 3 amide bonds. The van der Waals surface area contributed by atoms with E-state index in [-0.39, 0.29) is 54.2 Å². The standard InChI is InChI=1S/C39H48F2N8O6/c1-46-33-21-28(30(40)20-29(33)37(45-46)49-13-6-35(50)44-39(49)52)25-4-11-48(12-5-25)15-14-47-9-2-24(3-10-47)22-54-27-18-31(41)36-32(19-27)42-34(43-38(36)51)23-55-26-7-16-53-17-8-26/h18-21,24-26H,2-17,22-23H2,1H3,(H,42,43,51)(H,44,50,52). The van der Waals surface area contributed by atoms with Crippen molar-refractivity contribution in [1.82, 2.24) is 34.9 Å². The summed E-state index contributed by atoms with van der Waals surface area (Å²) in [7, 11) is 1.79. The SMILES string of the molecule is Cn1nc(N2CCC(=O)NC2=O)c2cc(F)c(C3CCN(CCN4CCC(COc5cc(F)c6c(=O)[nH]c(COC7CCOCC7)nc6c5)CC4)CC3)cc21. The molecular formula is C39H48F2N8O6. The van der Waals surface area contributed by atoms with Crippen molar-refractivity contribution in [2.24, 2.45) is 13.0 Å². The van der Waals surface area contributed by atoms with E-state index >= 15 is 8.78 Å². The fourth-order valence-corrected chi connectivity index (χ4v) is 8.33. The quantitative estimate of drug-likeness (QED) is 0.228. The Hall–Kier alpha value is -4.51. The maximum absolute atomic E-state index is 15.6. The maximum Gasteiger partial charge on any atom is 0.329 e. The predicted octanol–water partition coefficient (Wildman–Crippen LogP) is 4.20. The number of piperidine rings is 2. The van der Waals surface area contributed by atoms with E-state index in [1.807, 2.05) is 6.07 Å². The minimum Gasteiger partial charge on any atom is -0.493 e. The Labute approximate surface area is 317 Å². The minimum atomic E-state index is -0.657. The van der Waals surface area contributed by atoms with E-state index in [1.165, 1.54) is 17.0 Å². The fraction of sp³-hybridized carbons (Fsp3) is 0.564. The second-order valence-electron chi connectivity index (χ2n) is 15.2. The molecule has 8 rings (SSSR count). The van der Waals surface area contributed by atoms with Crippen molar-refractivity contribution in [3.63, 3.8) is 0 Å². The Morgan fingerprint density at radius 2 is 1.62 bits per heavy atom. The van der Waals surface area contributed by atoms with Gasteiger partial charge < -0.3 is 29.0 Å². The number of carbonyl (C=O) groups excluding carboxylic acids is 2. The molecule has 55 heavy (non-hydrogen) atoms. The molecule has 4 aliphatic rings. The average Bonchev–Trinajstić information content (AvgIpc) is 3.49. The summed E-state index contributed by atoms with van der Waals surface area (Å²) >= 11 is 0. The molecule has 0 aliphatic carbocycles. The summed E-state index contributed by atoms with van der Waals surface area (Å²) < 4.78 is 49.6. The molecule has 2 aromatic heterocycles. The predicted molar refractivity (Wildman–Crippen MR) is 200 cm³/mol. The molecule has 0 saturated carbocycles. The summed E-state index contributed by atoms with van der Waals surface area (Å²) in [5.41, 5.74) is 1.16. The molecule has 294 valence electrons. The smallest absolute Gasteiger partial charge is 0.329 e. The van der Waals surface area contributed by atoms with Gasteiger partial charge >= 0.3 is 6.03 Å². The second kappa shape index (κ2) is 16.3. The van der Waals surface area contributed by atoms with E-state index in [0.29, 0.717) is 54.1 Å². The number of hydrogen-bond acceptors (Lipinski definition) is 10. The Morgan fingerprint density at radius 3 is 2.35 bits per heavy atom. The molecule has 4 aromatic rings. The van der Waals surface area contributed by atoms with Crippen molar-refractivity contribution in [2.45, 2.75) is 63.6 Å². The second-order valence-corrected chi connectivity index (χ2v) is 15.2. The number of nitrogens with zero attached hydrogens (tertiary/aromatic N) is 6. The Kier molecular flexibility index (Phi) is 11.1. The van der Waals surface area contributed by atoms with E-state index in [0.717, 1.165) is 83.3 Å². The number of fused-ring (bicyclic) bond motifs is 2. The van der Waals surface area contributed by atoms with E-state index in [2.05, 4.69) is 30.2 Å². The van der Waals surface area contributed by atoms with Gasteiger partial charge in [0.25, 0.3) is 5.56 Å². The molecule has 6 heterocycles. The van der Waals surface area contributed by atoms with Gasteiger partial charge in [0, 0.05) is 63.8 Å². The molecule has 2 N–H and O–H groups in total. The number of likely N-dealkylation sites (tertiary alicyclic amines) is 2. The number of ether oxygens (including phenoxy) is 3. The van der Waals surface area contributed by atoms with Gasteiger partial charge in [0.05, 0.1) is 23.7 Å². The number of urea groups is 1. The number of rotatable bonds is 11. The van der Waals surface area contributed by atoms with Crippen molar-refractivity contribution in [1.29, 1.82) is 0 Å². The van der Waals surface area contributed by atoms with Crippen LogP contribution in [0.3, 0.4) is 0 Å². The summed E-state index contributed by atoms with van der Waals surface area (Å²) in [4.78, 5) is 50.2. The molecule has 14 nitrogen and oxygen atoms in total. The summed E-state index contributed by atoms with van der Waals surface area (Å²) in [6.07, 6.45) is 5.45. The van der Waals surface area contributed by atoms with Crippen LogP contribution in [0.2, 0.25) is 0 Å². The van der Waals surface area contributed by atoms with E-state index in [9.17, 15) is 14.4 Å². The van der Waals surface area contributed by atoms with E-state index in [4.69, 9.17) is 14.2 Å². The number of imide groups is 1. The lowest BCUT2D eigenvalue weighted by molar-refractivity contribution is -0.120. The number of anilines is 1. The highest BCUT2D eigenvalue weighted by molar-refractivity contribution is 6.08. The molecule has 2 aromatic carbocycles. The normalized spacial score (nSPS) is 20.2. The first-order valence-corrected chi connectivity index (χ1v) is 19.5. The first kappa shape index (κ1) is 37.4. The van der Waals surface area contributed by atoms with E-state index < -0.39 is 17.4 Å². The monoisotopic (exact) mass is 762 g/mol. The van der Waals surface area contributed by atoms with Crippen LogP contribution in [0.4, 0.5) is 19.4 Å². The van der Waals surface area contributed by atoms with Crippen LogP contribution < -0.4 is 20.5 Å². The first-order valence-electron chi connectivity index (χ1n) is 19.5. The van der Waals surface area contributed by atoms with Gasteiger partial charge in [-0.15, -0.1) is 0 Å². The zero-order valence-electron chi connectivity index (χ0n) is 31.2. The molecule has 4 saturated heterocycles. The lowest BCUT2D eigenvalue weighted by Crippen LogP contribution is -2.49. The average molecular weight is 763 g/mol. The number of aryl methyl sites for hydroxylation is 1. The van der Waals surface area contributed by atoms with Crippen LogP contribution in [-0.4, -0.2) is 113 Å². The summed E-state index contributed by atoms with van der Waals surface area (Å²) in [5.74, 6) is 0.234. The van der Waals surface area contributed by atoms with Gasteiger partial charge in [0.2, 0.25) is 5.91 Å². The lowest BCUT2D eigenvalue weighted by atomic mass is 9.88. The number of amides is 3. The van der Waals surface area contributed by atoms with Crippen LogP contribution in [-0.2, 0) is 27.9 Å². The summed E-state index contributed by atoms with van der Waals surface area (Å²) in [6, 6.07) is 5.71. The topological polar surface area (TPSA) is 147 Å². The fourth-order valence-electron chi connectivity index (χ4n) is 8.33. The molecule has 0 spiro atoms. The van der Waals surface area contributed by atoms with E-state index in [1.54, 1.807) is 17.8 Å². The third-order valence-corrected chi connectivity index (χ3v) is 11.6. The number of aromatic nitrogens is 4. The summed E-state index contributed by atoms with van der Waals surface area (Å²) in [6.45, 7) is 7.70. The highest BCUT2D eigenvalue weighted by Crippen LogP contribution is 2.35. The number of H-pyrrole nitrogens is 1. The van der Waals surface area contributed by atoms with Crippen LogP contribution in [0.15, 0.2) is 29.1 Å². The van der Waals surface area contributed by atoms with Gasteiger partial charge in [-0.25, -0.2) is 18.6 Å². The third-order valence-electron chi connectivity index (χ3n) is 11.6.